The van der Waals surface area contributed by atoms with Crippen molar-refractivity contribution in [1.82, 2.24) is 0 Å². The first-order chi connectivity index (χ1) is 8.93. The van der Waals surface area contributed by atoms with Crippen LogP contribution in [0.25, 0.3) is 7.24 Å². The Morgan fingerprint density at radius 2 is 1.06 bits per heavy atom. The van der Waals surface area contributed by atoms with Crippen LogP contribution in [0.4, 0.5) is 0 Å². The standard InChI is InChI=1S/C17H14Te/c1-3-8-14(9-4-1)16-12-7-13-17(18-16)15-10-5-2-6-11-15/h1-6,8-13H,7H2. The quantitative estimate of drug-likeness (QED) is 0.716. The van der Waals surface area contributed by atoms with Gasteiger partial charge in [0, 0.05) is 0 Å². The first-order valence-corrected chi connectivity index (χ1v) is 8.45. The van der Waals surface area contributed by atoms with Crippen LogP contribution in [0.15, 0.2) is 72.8 Å². The first-order valence-electron chi connectivity index (χ1n) is 6.12. The van der Waals surface area contributed by atoms with Crippen molar-refractivity contribution >= 4 is 28.2 Å². The van der Waals surface area contributed by atoms with E-state index in [1.165, 1.54) is 11.1 Å². The van der Waals surface area contributed by atoms with Crippen molar-refractivity contribution in [3.05, 3.63) is 83.9 Å². The van der Waals surface area contributed by atoms with Gasteiger partial charge in [-0.05, 0) is 0 Å². The Labute approximate surface area is 118 Å². The Balaban J connectivity index is 1.85. The van der Waals surface area contributed by atoms with Crippen LogP contribution >= 0.6 is 0 Å². The molecule has 2 aromatic rings. The third-order valence-corrected chi connectivity index (χ3v) is 6.50. The van der Waals surface area contributed by atoms with Gasteiger partial charge in [-0.25, -0.2) is 0 Å². The maximum atomic E-state index is 2.39. The molecule has 1 heteroatoms. The van der Waals surface area contributed by atoms with E-state index in [9.17, 15) is 0 Å². The molecule has 1 aliphatic heterocycles. The molecule has 88 valence electrons. The Kier molecular flexibility index (Phi) is 3.64. The van der Waals surface area contributed by atoms with Crippen molar-refractivity contribution in [2.75, 3.05) is 0 Å². The van der Waals surface area contributed by atoms with E-state index in [1.807, 2.05) is 0 Å². The van der Waals surface area contributed by atoms with Gasteiger partial charge >= 0.3 is 119 Å². The van der Waals surface area contributed by atoms with E-state index in [0.717, 1.165) is 6.42 Å². The van der Waals surface area contributed by atoms with E-state index in [2.05, 4.69) is 72.8 Å². The molecule has 0 fully saturated rings. The molecule has 0 radical (unpaired) electrons. The van der Waals surface area contributed by atoms with Crippen molar-refractivity contribution in [3.8, 4) is 0 Å². The van der Waals surface area contributed by atoms with Crippen LogP contribution in [0.2, 0.25) is 0 Å². The Hall–Kier alpha value is -1.29. The van der Waals surface area contributed by atoms with Gasteiger partial charge in [0.1, 0.15) is 0 Å². The molecule has 18 heavy (non-hydrogen) atoms. The number of benzene rings is 2. The molecule has 3 rings (SSSR count). The topological polar surface area (TPSA) is 0 Å². The van der Waals surface area contributed by atoms with Crippen molar-refractivity contribution in [2.24, 2.45) is 0 Å². The maximum absolute atomic E-state index is 2.39. The summed E-state index contributed by atoms with van der Waals surface area (Å²) in [6.45, 7) is 0. The minimum atomic E-state index is -0.250. The second-order valence-corrected chi connectivity index (χ2v) is 7.30. The monoisotopic (exact) mass is 348 g/mol. The predicted octanol–water partition coefficient (Wildman–Crippen LogP) is 4.18. The summed E-state index contributed by atoms with van der Waals surface area (Å²) in [5.41, 5.74) is 2.81. The molecule has 0 N–H and O–H groups in total. The van der Waals surface area contributed by atoms with Crippen LogP contribution in [0.1, 0.15) is 17.5 Å². The third kappa shape index (κ3) is 2.58. The zero-order valence-electron chi connectivity index (χ0n) is 10.0. The van der Waals surface area contributed by atoms with E-state index < -0.39 is 0 Å². The van der Waals surface area contributed by atoms with Crippen molar-refractivity contribution in [2.45, 2.75) is 6.42 Å². The van der Waals surface area contributed by atoms with Crippen molar-refractivity contribution < 1.29 is 0 Å². The fraction of sp³-hybridized carbons (Fsp3) is 0.0588. The molecule has 1 aliphatic rings. The summed E-state index contributed by atoms with van der Waals surface area (Å²) in [5.74, 6) is 0. The Morgan fingerprint density at radius 3 is 1.50 bits per heavy atom. The molecule has 0 unspecified atom stereocenters. The molecule has 0 saturated carbocycles. The zero-order chi connectivity index (χ0) is 12.2. The molecule has 0 aliphatic carbocycles. The first kappa shape index (κ1) is 11.8. The molecule has 0 bridgehead atoms. The molecule has 0 amide bonds. The number of allylic oxidation sites excluding steroid dienone is 2. The molecule has 2 aromatic carbocycles. The Bertz CT molecular complexity index is 526. The van der Waals surface area contributed by atoms with Gasteiger partial charge in [0.2, 0.25) is 0 Å². The molecular formula is C17H14Te. The summed E-state index contributed by atoms with van der Waals surface area (Å²) >= 11 is -0.250. The van der Waals surface area contributed by atoms with Gasteiger partial charge < -0.3 is 0 Å². The summed E-state index contributed by atoms with van der Waals surface area (Å²) in [6.07, 6.45) is 5.85. The van der Waals surface area contributed by atoms with E-state index >= 15 is 0 Å². The molecule has 0 saturated heterocycles. The molecular weight excluding hydrogens is 332 g/mol. The van der Waals surface area contributed by atoms with Gasteiger partial charge in [-0.3, -0.25) is 0 Å². The SMILES string of the molecule is C1=C(c2ccccc2)[Te]C(c2ccccc2)=CC1. The molecule has 0 aromatic heterocycles. The second-order valence-electron chi connectivity index (χ2n) is 4.21. The molecule has 0 spiro atoms. The average Bonchev–Trinajstić information content (AvgIpc) is 2.49. The van der Waals surface area contributed by atoms with Gasteiger partial charge in [0.05, 0.1) is 0 Å². The molecule has 0 nitrogen and oxygen atoms in total. The normalized spacial score (nSPS) is 14.9. The summed E-state index contributed by atoms with van der Waals surface area (Å²) < 4.78 is 3.14. The third-order valence-electron chi connectivity index (χ3n) is 2.94. The predicted molar refractivity (Wildman–Crippen MR) is 79.2 cm³/mol. The fourth-order valence-electron chi connectivity index (χ4n) is 2.03. The summed E-state index contributed by atoms with van der Waals surface area (Å²) in [7, 11) is 0. The number of rotatable bonds is 2. The van der Waals surface area contributed by atoms with E-state index in [4.69, 9.17) is 0 Å². The average molecular weight is 346 g/mol. The van der Waals surface area contributed by atoms with Crippen LogP contribution < -0.4 is 0 Å². The van der Waals surface area contributed by atoms with Gasteiger partial charge in [-0.15, -0.1) is 0 Å². The van der Waals surface area contributed by atoms with Crippen LogP contribution in [0.5, 0.6) is 0 Å². The van der Waals surface area contributed by atoms with Gasteiger partial charge in [0.25, 0.3) is 0 Å². The number of hydrogen-bond donors (Lipinski definition) is 0. The van der Waals surface area contributed by atoms with E-state index in [-0.39, 0.29) is 20.9 Å². The van der Waals surface area contributed by atoms with Crippen LogP contribution in [0.3, 0.4) is 0 Å². The Morgan fingerprint density at radius 1 is 0.611 bits per heavy atom. The zero-order valence-corrected chi connectivity index (χ0v) is 12.4. The minimum absolute atomic E-state index is 0.250. The fourth-order valence-corrected chi connectivity index (χ4v) is 5.18. The van der Waals surface area contributed by atoms with E-state index in [1.54, 1.807) is 7.24 Å². The van der Waals surface area contributed by atoms with E-state index in [0.29, 0.717) is 0 Å². The van der Waals surface area contributed by atoms with Gasteiger partial charge in [-0.2, -0.15) is 0 Å². The second kappa shape index (κ2) is 5.57. The van der Waals surface area contributed by atoms with Gasteiger partial charge in [-0.1, -0.05) is 0 Å². The van der Waals surface area contributed by atoms with Crippen LogP contribution in [-0.2, 0) is 0 Å². The van der Waals surface area contributed by atoms with Gasteiger partial charge in [0.15, 0.2) is 0 Å². The van der Waals surface area contributed by atoms with Crippen LogP contribution in [-0.4, -0.2) is 20.9 Å². The van der Waals surface area contributed by atoms with Crippen molar-refractivity contribution in [3.63, 3.8) is 0 Å². The number of hydrogen-bond acceptors (Lipinski definition) is 0. The summed E-state index contributed by atoms with van der Waals surface area (Å²) in [4.78, 5) is 0. The summed E-state index contributed by atoms with van der Waals surface area (Å²) in [6, 6.07) is 21.6. The molecule has 0 atom stereocenters. The molecule has 1 heterocycles. The van der Waals surface area contributed by atoms with Crippen LogP contribution in [0, 0.1) is 0 Å². The summed E-state index contributed by atoms with van der Waals surface area (Å²) in [5, 5.41) is 0. The van der Waals surface area contributed by atoms with Crippen molar-refractivity contribution in [1.29, 1.82) is 0 Å².